The highest BCUT2D eigenvalue weighted by Crippen LogP contribution is 2.27. The smallest absolute Gasteiger partial charge is 0.288 e. The van der Waals surface area contributed by atoms with Gasteiger partial charge in [0.2, 0.25) is 11.2 Å². The van der Waals surface area contributed by atoms with Crippen molar-refractivity contribution in [2.24, 2.45) is 0 Å². The van der Waals surface area contributed by atoms with Crippen LogP contribution >= 0.6 is 11.8 Å². The number of anilines is 1. The molecule has 8 nitrogen and oxygen atoms in total. The van der Waals surface area contributed by atoms with Crippen molar-refractivity contribution in [3.63, 3.8) is 0 Å². The molecule has 0 radical (unpaired) electrons. The third-order valence-corrected chi connectivity index (χ3v) is 4.60. The van der Waals surface area contributed by atoms with Crippen molar-refractivity contribution < 1.29 is 14.1 Å². The normalized spacial score (nSPS) is 12.5. The lowest BCUT2D eigenvalue weighted by Gasteiger charge is -2.06. The molecule has 0 saturated heterocycles. The van der Waals surface area contributed by atoms with Crippen LogP contribution in [0, 0.1) is 11.3 Å². The highest BCUT2D eigenvalue weighted by molar-refractivity contribution is 8.00. The Hall–Kier alpha value is -2.60. The zero-order valence-corrected chi connectivity index (χ0v) is 14.3. The Morgan fingerprint density at radius 2 is 2.38 bits per heavy atom. The summed E-state index contributed by atoms with van der Waals surface area (Å²) in [5, 5.41) is 17.9. The van der Waals surface area contributed by atoms with Gasteiger partial charge >= 0.3 is 5.88 Å². The maximum atomic E-state index is 12.0. The maximum Gasteiger partial charge on any atom is 0.305 e. The van der Waals surface area contributed by atoms with Gasteiger partial charge in [-0.05, 0) is 30.9 Å². The van der Waals surface area contributed by atoms with E-state index in [1.807, 2.05) is 6.07 Å². The van der Waals surface area contributed by atoms with E-state index >= 15 is 0 Å². The molecular formula is C15H17N6O2S+. The molecule has 0 aliphatic heterocycles. The number of hydrogen-bond donors (Lipinski definition) is 1. The molecule has 0 unspecified atom stereocenters. The fraction of sp³-hybridized carbons (Fsp3) is 0.400. The summed E-state index contributed by atoms with van der Waals surface area (Å²) in [5.74, 6) is 0.160. The average molecular weight is 345 g/mol. The predicted molar refractivity (Wildman–Crippen MR) is 87.1 cm³/mol. The van der Waals surface area contributed by atoms with Crippen LogP contribution in [0.25, 0.3) is 0 Å². The minimum Gasteiger partial charge on any atom is -0.288 e. The van der Waals surface area contributed by atoms with Gasteiger partial charge in [0.15, 0.2) is 0 Å². The van der Waals surface area contributed by atoms with Gasteiger partial charge in [0.25, 0.3) is 6.20 Å². The van der Waals surface area contributed by atoms with Crippen LogP contribution in [-0.2, 0) is 17.6 Å². The van der Waals surface area contributed by atoms with Crippen LogP contribution in [0.3, 0.4) is 0 Å². The first-order chi connectivity index (χ1) is 11.6. The molecule has 0 fully saturated rings. The Morgan fingerprint density at radius 3 is 3.08 bits per heavy atom. The number of pyridine rings is 1. The molecule has 2 heterocycles. The van der Waals surface area contributed by atoms with Crippen LogP contribution < -0.4 is 15.1 Å². The van der Waals surface area contributed by atoms with Crippen LogP contribution in [0.15, 0.2) is 21.8 Å². The lowest BCUT2D eigenvalue weighted by molar-refractivity contribution is -0.753. The topological polar surface area (TPSA) is 98.9 Å². The molecule has 0 aromatic carbocycles. The highest BCUT2D eigenvalue weighted by atomic mass is 32.2. The molecule has 0 spiro atoms. The summed E-state index contributed by atoms with van der Waals surface area (Å²) in [7, 11) is 3.60. The number of fused-ring (bicyclic) bond motifs is 1. The molecule has 1 aliphatic rings. The number of carbonyl (C=O) groups excluding carboxylic acids is 1. The van der Waals surface area contributed by atoms with E-state index in [0.717, 1.165) is 30.5 Å². The molecule has 124 valence electrons. The average Bonchev–Trinajstić information content (AvgIpc) is 3.20. The molecule has 0 saturated carbocycles. The Morgan fingerprint density at radius 1 is 1.54 bits per heavy atom. The van der Waals surface area contributed by atoms with Crippen LogP contribution in [0.1, 0.15) is 23.2 Å². The van der Waals surface area contributed by atoms with Gasteiger partial charge in [0, 0.05) is 5.69 Å². The summed E-state index contributed by atoms with van der Waals surface area (Å²) in [6, 6.07) is 4.06. The first kappa shape index (κ1) is 16.3. The molecule has 2 aromatic heterocycles. The summed E-state index contributed by atoms with van der Waals surface area (Å²) in [6.45, 7) is 0. The first-order valence-electron chi connectivity index (χ1n) is 7.48. The second kappa shape index (κ2) is 6.88. The number of hydrogen-bond acceptors (Lipinski definition) is 7. The molecular weight excluding hydrogens is 328 g/mol. The summed E-state index contributed by atoms with van der Waals surface area (Å²) in [5.41, 5.74) is 2.72. The van der Waals surface area contributed by atoms with Gasteiger partial charge in [-0.2, -0.15) is 10.3 Å². The van der Waals surface area contributed by atoms with Gasteiger partial charge < -0.3 is 0 Å². The van der Waals surface area contributed by atoms with E-state index in [1.54, 1.807) is 25.3 Å². The van der Waals surface area contributed by atoms with Gasteiger partial charge in [-0.15, -0.1) is 0 Å². The monoisotopic (exact) mass is 345 g/mol. The van der Waals surface area contributed by atoms with Gasteiger partial charge in [-0.1, -0.05) is 11.8 Å². The van der Waals surface area contributed by atoms with Gasteiger partial charge in [-0.25, -0.2) is 4.98 Å². The Labute approximate surface area is 143 Å². The lowest BCUT2D eigenvalue weighted by atomic mass is 10.2. The summed E-state index contributed by atoms with van der Waals surface area (Å²) < 4.78 is 5.02. The first-order valence-corrected chi connectivity index (χ1v) is 8.47. The molecule has 1 aliphatic carbocycles. The van der Waals surface area contributed by atoms with E-state index in [0.29, 0.717) is 10.6 Å². The SMILES string of the molecule is CN(C)[n+]1cc(NC(=O)CSc2nc3c(cc2C#N)CCC3)on1. The standard InChI is InChI=1S/C15H16N6O2S/c1-20(2)21-8-14(23-19-21)18-13(22)9-24-15-11(7-16)6-10-4-3-5-12(10)17-15/h6,8H,3-5,9H2,1-2H3/p+1. The van der Waals surface area contributed by atoms with E-state index in [4.69, 9.17) is 4.52 Å². The summed E-state index contributed by atoms with van der Waals surface area (Å²) in [6.07, 6.45) is 4.54. The van der Waals surface area contributed by atoms with Crippen molar-refractivity contribution in [2.75, 3.05) is 30.2 Å². The Kier molecular flexibility index (Phi) is 4.66. The highest BCUT2D eigenvalue weighted by Gasteiger charge is 2.19. The largest absolute Gasteiger partial charge is 0.305 e. The van der Waals surface area contributed by atoms with Crippen molar-refractivity contribution in [3.05, 3.63) is 29.1 Å². The van der Waals surface area contributed by atoms with Crippen LogP contribution in [-0.4, -0.2) is 36.0 Å². The minimum absolute atomic E-state index is 0.142. The van der Waals surface area contributed by atoms with Crippen LogP contribution in [0.2, 0.25) is 0 Å². The van der Waals surface area contributed by atoms with E-state index in [2.05, 4.69) is 21.6 Å². The fourth-order valence-corrected chi connectivity index (χ4v) is 3.21. The number of thioether (sulfide) groups is 1. The maximum absolute atomic E-state index is 12.0. The van der Waals surface area contributed by atoms with Gasteiger partial charge in [-0.3, -0.25) is 14.6 Å². The van der Waals surface area contributed by atoms with Crippen LogP contribution in [0.5, 0.6) is 0 Å². The van der Waals surface area contributed by atoms with E-state index < -0.39 is 0 Å². The van der Waals surface area contributed by atoms with Gasteiger partial charge in [0.05, 0.1) is 30.2 Å². The molecule has 24 heavy (non-hydrogen) atoms. The molecule has 0 bridgehead atoms. The van der Waals surface area contributed by atoms with Crippen LogP contribution in [0.4, 0.5) is 5.88 Å². The third kappa shape index (κ3) is 3.49. The molecule has 1 N–H and O–H groups in total. The number of aromatic nitrogens is 3. The minimum atomic E-state index is -0.242. The zero-order valence-electron chi connectivity index (χ0n) is 13.4. The molecule has 1 amide bonds. The van der Waals surface area contributed by atoms with Crippen molar-refractivity contribution in [3.8, 4) is 6.07 Å². The fourth-order valence-electron chi connectivity index (χ4n) is 2.43. The lowest BCUT2D eigenvalue weighted by Crippen LogP contribution is -2.53. The molecule has 9 heteroatoms. The van der Waals surface area contributed by atoms with E-state index in [-0.39, 0.29) is 17.5 Å². The molecule has 2 aromatic rings. The number of nitrogens with one attached hydrogen (secondary N) is 1. The Balaban J connectivity index is 1.63. The second-order valence-electron chi connectivity index (χ2n) is 5.58. The second-order valence-corrected chi connectivity index (χ2v) is 6.55. The van der Waals surface area contributed by atoms with Crippen molar-refractivity contribution in [2.45, 2.75) is 24.3 Å². The number of carbonyl (C=O) groups is 1. The number of rotatable bonds is 5. The van der Waals surface area contributed by atoms with E-state index in [9.17, 15) is 10.1 Å². The number of amides is 1. The van der Waals surface area contributed by atoms with Crippen molar-refractivity contribution in [1.29, 1.82) is 5.26 Å². The number of aryl methyl sites for hydroxylation is 2. The number of nitriles is 1. The predicted octanol–water partition coefficient (Wildman–Crippen LogP) is 0.646. The zero-order chi connectivity index (χ0) is 17.1. The van der Waals surface area contributed by atoms with Gasteiger partial charge in [0.1, 0.15) is 11.1 Å². The third-order valence-electron chi connectivity index (χ3n) is 3.60. The van der Waals surface area contributed by atoms with Crippen molar-refractivity contribution >= 4 is 23.6 Å². The van der Waals surface area contributed by atoms with E-state index in [1.165, 1.54) is 16.6 Å². The quantitative estimate of drug-likeness (QED) is 0.627. The Bertz CT molecular complexity index is 811. The number of nitrogens with zero attached hydrogens (tertiary/aromatic N) is 5. The summed E-state index contributed by atoms with van der Waals surface area (Å²) >= 11 is 1.25. The van der Waals surface area contributed by atoms with Crippen molar-refractivity contribution in [1.82, 2.24) is 10.3 Å². The summed E-state index contributed by atoms with van der Waals surface area (Å²) in [4.78, 5) is 18.0. The molecule has 0 atom stereocenters. The molecule has 3 rings (SSSR count).